The summed E-state index contributed by atoms with van der Waals surface area (Å²) in [5.74, 6) is -1.66. The SMILES string of the molecule is O=C=C(C(=O)O)C(=C=O)C(NC(=O)NC(CCCC(=C=O)N(Cc1ccccn1)Cc1ccccn1)C(=O)O)C(=O)O. The van der Waals surface area contributed by atoms with Crippen molar-refractivity contribution in [3.8, 4) is 0 Å². The molecule has 2 amide bonds. The summed E-state index contributed by atoms with van der Waals surface area (Å²) < 4.78 is 0. The lowest BCUT2D eigenvalue weighted by Crippen LogP contribution is -2.52. The molecule has 0 aliphatic heterocycles. The number of pyridine rings is 2. The summed E-state index contributed by atoms with van der Waals surface area (Å²) in [6.45, 7) is 0.448. The number of hydrogen-bond acceptors (Lipinski definition) is 10. The lowest BCUT2D eigenvalue weighted by molar-refractivity contribution is -0.139. The van der Waals surface area contributed by atoms with Crippen molar-refractivity contribution in [2.24, 2.45) is 0 Å². The quantitative estimate of drug-likeness (QED) is 0.101. The average Bonchev–Trinajstić information content (AvgIpc) is 2.96. The number of amides is 2. The monoisotopic (exact) mass is 579 g/mol. The first kappa shape index (κ1) is 32.3. The van der Waals surface area contributed by atoms with Gasteiger partial charge in [0.05, 0.1) is 35.7 Å². The van der Waals surface area contributed by atoms with Crippen molar-refractivity contribution in [3.63, 3.8) is 0 Å². The molecule has 0 aliphatic rings. The number of aliphatic carboxylic acids is 3. The van der Waals surface area contributed by atoms with E-state index in [1.165, 1.54) is 0 Å². The predicted octanol–water partition coefficient (Wildman–Crippen LogP) is 0.171. The van der Waals surface area contributed by atoms with Crippen molar-refractivity contribution in [2.45, 2.75) is 44.4 Å². The smallest absolute Gasteiger partial charge is 0.348 e. The van der Waals surface area contributed by atoms with Gasteiger partial charge >= 0.3 is 23.9 Å². The molecule has 0 fully saturated rings. The number of hydrogen-bond donors (Lipinski definition) is 5. The van der Waals surface area contributed by atoms with Crippen LogP contribution in [0.3, 0.4) is 0 Å². The first-order valence-corrected chi connectivity index (χ1v) is 12.2. The summed E-state index contributed by atoms with van der Waals surface area (Å²) in [6, 6.07) is 5.22. The van der Waals surface area contributed by atoms with E-state index in [9.17, 15) is 43.8 Å². The van der Waals surface area contributed by atoms with Crippen LogP contribution in [0.15, 0.2) is 65.6 Å². The second-order valence-electron chi connectivity index (χ2n) is 8.52. The molecule has 15 heteroatoms. The third kappa shape index (κ3) is 9.70. The summed E-state index contributed by atoms with van der Waals surface area (Å²) in [5, 5.41) is 31.7. The van der Waals surface area contributed by atoms with Gasteiger partial charge in [0.25, 0.3) is 0 Å². The molecule has 0 radical (unpaired) electrons. The molecule has 0 aromatic carbocycles. The molecule has 218 valence electrons. The van der Waals surface area contributed by atoms with Crippen LogP contribution in [0.25, 0.3) is 0 Å². The van der Waals surface area contributed by atoms with E-state index in [-0.39, 0.29) is 38.0 Å². The van der Waals surface area contributed by atoms with E-state index in [2.05, 4.69) is 9.97 Å². The molecule has 2 heterocycles. The van der Waals surface area contributed by atoms with Gasteiger partial charge in [0.1, 0.15) is 23.9 Å². The molecule has 15 nitrogen and oxygen atoms in total. The standard InChI is InChI=1S/C27H25N5O10/c33-14-19(32(12-17-6-1-3-10-28-17)13-18-7-2-4-11-29-18)8-5-9-22(25(38)39)30-27(42)31-23(26(40)41)20(15-34)21(16-35)24(36)37/h1-4,6-7,10-11,22-23H,5,8-9,12-13H2,(H,36,37)(H,38,39)(H,40,41)(H2,30,31,42). The van der Waals surface area contributed by atoms with Gasteiger partial charge in [-0.2, -0.15) is 0 Å². The minimum atomic E-state index is -2.35. The van der Waals surface area contributed by atoms with Crippen LogP contribution in [0.1, 0.15) is 30.7 Å². The highest BCUT2D eigenvalue weighted by Crippen LogP contribution is 2.18. The van der Waals surface area contributed by atoms with E-state index < -0.39 is 47.2 Å². The van der Waals surface area contributed by atoms with Crippen LogP contribution in [0.5, 0.6) is 0 Å². The number of carboxylic acid groups (broad SMARTS) is 3. The molecule has 0 bridgehead atoms. The van der Waals surface area contributed by atoms with E-state index >= 15 is 0 Å². The van der Waals surface area contributed by atoms with E-state index in [1.807, 2.05) is 11.3 Å². The Labute approximate surface area is 237 Å². The Morgan fingerprint density at radius 1 is 0.810 bits per heavy atom. The van der Waals surface area contributed by atoms with Gasteiger partial charge in [-0.15, -0.1) is 0 Å². The van der Waals surface area contributed by atoms with Gasteiger partial charge in [-0.05, 0) is 43.5 Å². The van der Waals surface area contributed by atoms with Gasteiger partial charge < -0.3 is 30.9 Å². The van der Waals surface area contributed by atoms with Crippen LogP contribution in [-0.4, -0.2) is 84.0 Å². The zero-order valence-electron chi connectivity index (χ0n) is 21.9. The van der Waals surface area contributed by atoms with E-state index in [1.54, 1.807) is 59.0 Å². The Balaban J connectivity index is 2.12. The molecule has 0 saturated carbocycles. The average molecular weight is 580 g/mol. The summed E-state index contributed by atoms with van der Waals surface area (Å²) in [6.07, 6.45) is 3.05. The number of carboxylic acids is 3. The van der Waals surface area contributed by atoms with Crippen molar-refractivity contribution in [1.29, 1.82) is 0 Å². The maximum Gasteiger partial charge on any atom is 0.348 e. The van der Waals surface area contributed by atoms with E-state index in [0.29, 0.717) is 11.4 Å². The largest absolute Gasteiger partial charge is 0.480 e. The molecule has 0 spiro atoms. The van der Waals surface area contributed by atoms with Crippen molar-refractivity contribution in [2.75, 3.05) is 0 Å². The molecule has 5 N–H and O–H groups in total. The van der Waals surface area contributed by atoms with Crippen LogP contribution in [0, 0.1) is 0 Å². The fraction of sp³-hybridized carbons (Fsp3) is 0.259. The Morgan fingerprint density at radius 3 is 1.81 bits per heavy atom. The molecule has 42 heavy (non-hydrogen) atoms. The zero-order valence-corrected chi connectivity index (χ0v) is 21.9. The van der Waals surface area contributed by atoms with Crippen LogP contribution in [0.4, 0.5) is 4.79 Å². The van der Waals surface area contributed by atoms with Gasteiger partial charge in [0, 0.05) is 12.4 Å². The summed E-state index contributed by atoms with van der Waals surface area (Å²) in [4.78, 5) is 91.1. The normalized spacial score (nSPS) is 11.3. The molecule has 2 aromatic heterocycles. The van der Waals surface area contributed by atoms with Gasteiger partial charge in [-0.3, -0.25) is 9.97 Å². The van der Waals surface area contributed by atoms with Crippen molar-refractivity contribution in [3.05, 3.63) is 77.0 Å². The predicted molar refractivity (Wildman–Crippen MR) is 141 cm³/mol. The van der Waals surface area contributed by atoms with Gasteiger partial charge in [0.2, 0.25) is 0 Å². The summed E-state index contributed by atoms with van der Waals surface area (Å²) >= 11 is 0. The number of urea groups is 1. The van der Waals surface area contributed by atoms with Crippen molar-refractivity contribution >= 4 is 41.8 Å². The van der Waals surface area contributed by atoms with Crippen LogP contribution < -0.4 is 10.6 Å². The Hall–Kier alpha value is -5.87. The molecular formula is C27H25N5O10. The highest BCUT2D eigenvalue weighted by molar-refractivity contribution is 6.06. The van der Waals surface area contributed by atoms with E-state index in [4.69, 9.17) is 5.11 Å². The molecule has 2 atom stereocenters. The number of rotatable bonds is 16. The lowest BCUT2D eigenvalue weighted by Gasteiger charge is -2.25. The third-order valence-electron chi connectivity index (χ3n) is 5.67. The minimum absolute atomic E-state index is 0.0398. The van der Waals surface area contributed by atoms with Crippen LogP contribution in [0.2, 0.25) is 0 Å². The highest BCUT2D eigenvalue weighted by atomic mass is 16.4. The number of aromatic nitrogens is 2. The van der Waals surface area contributed by atoms with Crippen molar-refractivity contribution < 1.29 is 48.9 Å². The highest BCUT2D eigenvalue weighted by Gasteiger charge is 2.33. The number of allylic oxidation sites excluding steroid dienone is 1. The molecule has 2 unspecified atom stereocenters. The van der Waals surface area contributed by atoms with Crippen molar-refractivity contribution in [1.82, 2.24) is 25.5 Å². The maximum atomic E-state index is 12.4. The number of nitrogens with one attached hydrogen (secondary N) is 2. The molecule has 0 aliphatic carbocycles. The molecular weight excluding hydrogens is 554 g/mol. The topological polar surface area (TPSA) is 233 Å². The molecule has 2 aromatic rings. The second-order valence-corrected chi connectivity index (χ2v) is 8.52. The third-order valence-corrected chi connectivity index (χ3v) is 5.67. The molecule has 2 rings (SSSR count). The fourth-order valence-electron chi connectivity index (χ4n) is 3.68. The first-order chi connectivity index (χ1) is 20.1. The fourth-order valence-corrected chi connectivity index (χ4v) is 3.68. The Kier molecular flexibility index (Phi) is 12.5. The first-order valence-electron chi connectivity index (χ1n) is 12.2. The van der Waals surface area contributed by atoms with Crippen LogP contribution >= 0.6 is 0 Å². The number of nitrogens with zero attached hydrogens (tertiary/aromatic N) is 3. The zero-order chi connectivity index (χ0) is 31.1. The summed E-state index contributed by atoms with van der Waals surface area (Å²) in [7, 11) is 0. The van der Waals surface area contributed by atoms with Crippen LogP contribution in [-0.2, 0) is 41.9 Å². The van der Waals surface area contributed by atoms with E-state index in [0.717, 1.165) is 11.9 Å². The summed E-state index contributed by atoms with van der Waals surface area (Å²) in [5.41, 5.74) is -1.12. The Bertz CT molecular complexity index is 1400. The number of carbonyl (C=O) groups excluding carboxylic acids is 4. The van der Waals surface area contributed by atoms with Gasteiger partial charge in [0.15, 0.2) is 11.6 Å². The lowest BCUT2D eigenvalue weighted by atomic mass is 10.0. The second kappa shape index (κ2) is 16.3. The Morgan fingerprint density at radius 2 is 1.40 bits per heavy atom. The number of carbonyl (C=O) groups is 4. The minimum Gasteiger partial charge on any atom is -0.480 e. The molecule has 0 saturated heterocycles. The van der Waals surface area contributed by atoms with Gasteiger partial charge in [-0.1, -0.05) is 12.1 Å². The maximum absolute atomic E-state index is 12.4. The van der Waals surface area contributed by atoms with Gasteiger partial charge in [-0.25, -0.2) is 33.6 Å².